The van der Waals surface area contributed by atoms with Crippen molar-refractivity contribution in [2.75, 3.05) is 26.0 Å². The van der Waals surface area contributed by atoms with E-state index >= 15 is 0 Å². The van der Waals surface area contributed by atoms with E-state index < -0.39 is 0 Å². The number of nitrogens with one attached hydrogen (secondary N) is 1. The van der Waals surface area contributed by atoms with Crippen LogP contribution in [0.5, 0.6) is 0 Å². The van der Waals surface area contributed by atoms with Gasteiger partial charge in [0.05, 0.1) is 0 Å². The molecule has 0 spiro atoms. The molecule has 2 aromatic carbocycles. The number of hydrogen-bond donors (Lipinski definition) is 1. The van der Waals surface area contributed by atoms with Gasteiger partial charge in [-0.05, 0) is 49.4 Å². The smallest absolute Gasteiger partial charge is 0.321 e. The molecule has 0 aliphatic carbocycles. The number of anilines is 1. The highest BCUT2D eigenvalue weighted by Crippen LogP contribution is 2.30. The standard InChI is InChI=1S/C24H25N3O3/c1-16-5-4-6-18(13-16)23(28)27-12-11-21-19(15-27)14-22(30-21)17-7-9-20(10-8-17)25-24(29)26(2)3/h4-10,13-14H,11-12,15H2,1-3H3,(H,25,29). The fourth-order valence-corrected chi connectivity index (χ4v) is 3.56. The molecule has 0 unspecified atom stereocenters. The van der Waals surface area contributed by atoms with Crippen LogP contribution in [0.3, 0.4) is 0 Å². The maximum Gasteiger partial charge on any atom is 0.321 e. The van der Waals surface area contributed by atoms with Crippen molar-refractivity contribution in [2.45, 2.75) is 19.9 Å². The third-order valence-corrected chi connectivity index (χ3v) is 5.25. The molecule has 6 nitrogen and oxygen atoms in total. The van der Waals surface area contributed by atoms with Crippen LogP contribution in [0.2, 0.25) is 0 Å². The van der Waals surface area contributed by atoms with Crippen LogP contribution in [0.4, 0.5) is 10.5 Å². The molecule has 0 saturated heterocycles. The molecule has 6 heteroatoms. The average molecular weight is 403 g/mol. The van der Waals surface area contributed by atoms with Crippen molar-refractivity contribution < 1.29 is 14.0 Å². The molecule has 1 aromatic heterocycles. The first-order valence-corrected chi connectivity index (χ1v) is 9.97. The summed E-state index contributed by atoms with van der Waals surface area (Å²) >= 11 is 0. The second-order valence-electron chi connectivity index (χ2n) is 7.81. The number of nitrogens with zero attached hydrogens (tertiary/aromatic N) is 2. The Hall–Kier alpha value is -3.54. The maximum absolute atomic E-state index is 12.9. The van der Waals surface area contributed by atoms with Gasteiger partial charge in [-0.2, -0.15) is 0 Å². The van der Waals surface area contributed by atoms with E-state index in [1.54, 1.807) is 14.1 Å². The molecular weight excluding hydrogens is 378 g/mol. The minimum Gasteiger partial charge on any atom is -0.461 e. The molecule has 3 aromatic rings. The number of benzene rings is 2. The van der Waals surface area contributed by atoms with Crippen LogP contribution >= 0.6 is 0 Å². The summed E-state index contributed by atoms with van der Waals surface area (Å²) in [5, 5.41) is 2.82. The fourth-order valence-electron chi connectivity index (χ4n) is 3.56. The number of furan rings is 1. The summed E-state index contributed by atoms with van der Waals surface area (Å²) in [6.07, 6.45) is 0.698. The lowest BCUT2D eigenvalue weighted by atomic mass is 10.1. The van der Waals surface area contributed by atoms with Crippen LogP contribution in [0, 0.1) is 6.92 Å². The van der Waals surface area contributed by atoms with Gasteiger partial charge in [-0.25, -0.2) is 4.79 Å². The summed E-state index contributed by atoms with van der Waals surface area (Å²) in [5.41, 5.74) is 4.50. The van der Waals surface area contributed by atoms with Crippen molar-refractivity contribution in [1.29, 1.82) is 0 Å². The highest BCUT2D eigenvalue weighted by Gasteiger charge is 2.25. The molecule has 4 rings (SSSR count). The molecule has 1 aliphatic heterocycles. The molecule has 0 saturated carbocycles. The molecule has 0 fully saturated rings. The number of hydrogen-bond acceptors (Lipinski definition) is 3. The van der Waals surface area contributed by atoms with Gasteiger partial charge in [-0.3, -0.25) is 4.79 Å². The summed E-state index contributed by atoms with van der Waals surface area (Å²) in [6, 6.07) is 17.1. The van der Waals surface area contributed by atoms with E-state index in [2.05, 4.69) is 5.32 Å². The molecule has 30 heavy (non-hydrogen) atoms. The van der Waals surface area contributed by atoms with Crippen molar-refractivity contribution in [2.24, 2.45) is 0 Å². The molecule has 154 valence electrons. The van der Waals surface area contributed by atoms with Crippen molar-refractivity contribution in [3.63, 3.8) is 0 Å². The molecular formula is C24H25N3O3. The highest BCUT2D eigenvalue weighted by molar-refractivity contribution is 5.94. The zero-order valence-electron chi connectivity index (χ0n) is 17.4. The van der Waals surface area contributed by atoms with Gasteiger partial charge in [0.1, 0.15) is 11.5 Å². The predicted molar refractivity (Wildman–Crippen MR) is 116 cm³/mol. The van der Waals surface area contributed by atoms with Crippen LogP contribution in [0.15, 0.2) is 59.0 Å². The number of fused-ring (bicyclic) bond motifs is 1. The van der Waals surface area contributed by atoms with Gasteiger partial charge in [0, 0.05) is 56.0 Å². The molecule has 1 N–H and O–H groups in total. The number of amides is 3. The first-order chi connectivity index (χ1) is 14.4. The minimum absolute atomic E-state index is 0.0492. The molecule has 1 aliphatic rings. The van der Waals surface area contributed by atoms with E-state index in [0.717, 1.165) is 39.5 Å². The van der Waals surface area contributed by atoms with E-state index in [1.807, 2.05) is 66.4 Å². The van der Waals surface area contributed by atoms with Gasteiger partial charge in [0.25, 0.3) is 5.91 Å². The average Bonchev–Trinajstić information content (AvgIpc) is 3.17. The van der Waals surface area contributed by atoms with Crippen molar-refractivity contribution in [3.8, 4) is 11.3 Å². The Labute approximate surface area is 176 Å². The first kappa shape index (κ1) is 19.8. The molecule has 0 atom stereocenters. The monoisotopic (exact) mass is 403 g/mol. The van der Waals surface area contributed by atoms with Crippen LogP contribution in [-0.2, 0) is 13.0 Å². The number of carbonyl (C=O) groups is 2. The summed E-state index contributed by atoms with van der Waals surface area (Å²) < 4.78 is 6.07. The van der Waals surface area contributed by atoms with Crippen molar-refractivity contribution >= 4 is 17.6 Å². The van der Waals surface area contributed by atoms with Crippen LogP contribution in [0.1, 0.15) is 27.2 Å². The molecule has 3 amide bonds. The third-order valence-electron chi connectivity index (χ3n) is 5.25. The van der Waals surface area contributed by atoms with Gasteiger partial charge in [-0.1, -0.05) is 17.7 Å². The van der Waals surface area contributed by atoms with E-state index in [0.29, 0.717) is 19.5 Å². The van der Waals surface area contributed by atoms with Crippen molar-refractivity contribution in [1.82, 2.24) is 9.80 Å². The highest BCUT2D eigenvalue weighted by atomic mass is 16.3. The zero-order valence-corrected chi connectivity index (χ0v) is 17.4. The normalized spacial score (nSPS) is 13.0. The Morgan fingerprint density at radius 1 is 1.07 bits per heavy atom. The van der Waals surface area contributed by atoms with E-state index in [1.165, 1.54) is 4.90 Å². The minimum atomic E-state index is -0.172. The van der Waals surface area contributed by atoms with Crippen LogP contribution < -0.4 is 5.32 Å². The quantitative estimate of drug-likeness (QED) is 0.698. The fraction of sp³-hybridized carbons (Fsp3) is 0.250. The Balaban J connectivity index is 1.48. The lowest BCUT2D eigenvalue weighted by Gasteiger charge is -2.26. The third kappa shape index (κ3) is 4.08. The predicted octanol–water partition coefficient (Wildman–Crippen LogP) is 4.55. The zero-order chi connectivity index (χ0) is 21.3. The molecule has 0 radical (unpaired) electrons. The van der Waals surface area contributed by atoms with E-state index in [4.69, 9.17) is 4.42 Å². The number of urea groups is 1. The van der Waals surface area contributed by atoms with Gasteiger partial charge in [0.2, 0.25) is 0 Å². The number of carbonyl (C=O) groups excluding carboxylic acids is 2. The van der Waals surface area contributed by atoms with Crippen LogP contribution in [0.25, 0.3) is 11.3 Å². The lowest BCUT2D eigenvalue weighted by molar-refractivity contribution is 0.0730. The number of aryl methyl sites for hydroxylation is 1. The van der Waals surface area contributed by atoms with Gasteiger partial charge in [0.15, 0.2) is 0 Å². The van der Waals surface area contributed by atoms with E-state index in [-0.39, 0.29) is 11.9 Å². The Morgan fingerprint density at radius 2 is 1.83 bits per heavy atom. The largest absolute Gasteiger partial charge is 0.461 e. The SMILES string of the molecule is Cc1cccc(C(=O)N2CCc3oc(-c4ccc(NC(=O)N(C)C)cc4)cc3C2)c1. The molecule has 2 heterocycles. The summed E-state index contributed by atoms with van der Waals surface area (Å²) in [7, 11) is 3.40. The Bertz CT molecular complexity index is 1080. The topological polar surface area (TPSA) is 65.8 Å². The number of rotatable bonds is 3. The molecule has 0 bridgehead atoms. The van der Waals surface area contributed by atoms with Gasteiger partial charge in [-0.15, -0.1) is 0 Å². The second kappa shape index (κ2) is 8.06. The summed E-state index contributed by atoms with van der Waals surface area (Å²) in [6.45, 7) is 3.18. The second-order valence-corrected chi connectivity index (χ2v) is 7.81. The maximum atomic E-state index is 12.9. The Kier molecular flexibility index (Phi) is 5.31. The van der Waals surface area contributed by atoms with Gasteiger partial charge < -0.3 is 19.5 Å². The van der Waals surface area contributed by atoms with Gasteiger partial charge >= 0.3 is 6.03 Å². The van der Waals surface area contributed by atoms with Crippen LogP contribution in [-0.4, -0.2) is 42.4 Å². The van der Waals surface area contributed by atoms with Crippen molar-refractivity contribution in [3.05, 3.63) is 77.0 Å². The van der Waals surface area contributed by atoms with E-state index in [9.17, 15) is 9.59 Å². The first-order valence-electron chi connectivity index (χ1n) is 9.97. The Morgan fingerprint density at radius 3 is 2.53 bits per heavy atom. The lowest BCUT2D eigenvalue weighted by Crippen LogP contribution is -2.35. The summed E-state index contributed by atoms with van der Waals surface area (Å²) in [5.74, 6) is 1.76. The summed E-state index contributed by atoms with van der Waals surface area (Å²) in [4.78, 5) is 28.0.